The van der Waals surface area contributed by atoms with E-state index in [1.165, 1.54) is 4.88 Å². The average molecular weight is 312 g/mol. The third-order valence-electron chi connectivity index (χ3n) is 3.03. The minimum absolute atomic E-state index is 0.109. The smallest absolute Gasteiger partial charge is 0.161 e. The van der Waals surface area contributed by atoms with Gasteiger partial charge in [-0.1, -0.05) is 24.6 Å². The second-order valence-electron chi connectivity index (χ2n) is 4.25. The van der Waals surface area contributed by atoms with Crippen LogP contribution in [0.5, 0.6) is 11.5 Å². The van der Waals surface area contributed by atoms with Gasteiger partial charge < -0.3 is 14.8 Å². The van der Waals surface area contributed by atoms with Crippen LogP contribution in [0, 0.1) is 0 Å². The summed E-state index contributed by atoms with van der Waals surface area (Å²) in [4.78, 5) is 1.18. The van der Waals surface area contributed by atoms with Crippen molar-refractivity contribution in [1.82, 2.24) is 5.32 Å². The molecule has 0 aliphatic heterocycles. The molecule has 0 amide bonds. The molecule has 108 valence electrons. The summed E-state index contributed by atoms with van der Waals surface area (Å²) in [6.07, 6.45) is 0. The third-order valence-corrected chi connectivity index (χ3v) is 4.32. The van der Waals surface area contributed by atoms with Gasteiger partial charge in [0, 0.05) is 4.88 Å². The predicted octanol–water partition coefficient (Wildman–Crippen LogP) is 4.12. The molecule has 1 heterocycles. The molecule has 1 aromatic carbocycles. The van der Waals surface area contributed by atoms with Crippen molar-refractivity contribution in [3.05, 3.63) is 45.1 Å². The first-order valence-electron chi connectivity index (χ1n) is 6.40. The highest BCUT2D eigenvalue weighted by atomic mass is 35.5. The Morgan fingerprint density at radius 2 is 1.90 bits per heavy atom. The largest absolute Gasteiger partial charge is 0.493 e. The molecule has 3 nitrogen and oxygen atoms in total. The van der Waals surface area contributed by atoms with Gasteiger partial charge in [0.15, 0.2) is 11.5 Å². The summed E-state index contributed by atoms with van der Waals surface area (Å²) < 4.78 is 11.4. The second-order valence-corrected chi connectivity index (χ2v) is 5.99. The fraction of sp³-hybridized carbons (Fsp3) is 0.333. The highest BCUT2D eigenvalue weighted by Crippen LogP contribution is 2.35. The van der Waals surface area contributed by atoms with Gasteiger partial charge in [0.1, 0.15) is 0 Å². The number of ether oxygens (including phenoxy) is 2. The molecule has 20 heavy (non-hydrogen) atoms. The Morgan fingerprint density at radius 3 is 2.45 bits per heavy atom. The minimum atomic E-state index is 0.109. The number of hydrogen-bond acceptors (Lipinski definition) is 4. The highest BCUT2D eigenvalue weighted by Gasteiger charge is 2.17. The van der Waals surface area contributed by atoms with Gasteiger partial charge in [-0.2, -0.15) is 0 Å². The van der Waals surface area contributed by atoms with E-state index in [9.17, 15) is 0 Å². The Balaban J connectivity index is 2.39. The van der Waals surface area contributed by atoms with Gasteiger partial charge in [0.05, 0.1) is 24.6 Å². The van der Waals surface area contributed by atoms with E-state index < -0.39 is 0 Å². The van der Waals surface area contributed by atoms with Gasteiger partial charge in [0.2, 0.25) is 0 Å². The Hall–Kier alpha value is -1.23. The number of benzene rings is 1. The minimum Gasteiger partial charge on any atom is -0.493 e. The van der Waals surface area contributed by atoms with Crippen LogP contribution in [0.3, 0.4) is 0 Å². The van der Waals surface area contributed by atoms with Crippen molar-refractivity contribution in [3.8, 4) is 11.5 Å². The average Bonchev–Trinajstić information content (AvgIpc) is 2.90. The lowest BCUT2D eigenvalue weighted by Gasteiger charge is -2.18. The fourth-order valence-electron chi connectivity index (χ4n) is 2.10. The number of rotatable bonds is 6. The molecular weight excluding hydrogens is 294 g/mol. The summed E-state index contributed by atoms with van der Waals surface area (Å²) in [7, 11) is 3.28. The lowest BCUT2D eigenvalue weighted by molar-refractivity contribution is 0.354. The van der Waals surface area contributed by atoms with Crippen molar-refractivity contribution >= 4 is 22.9 Å². The number of thiophene rings is 1. The van der Waals surface area contributed by atoms with Crippen molar-refractivity contribution in [2.45, 2.75) is 13.0 Å². The lowest BCUT2D eigenvalue weighted by Crippen LogP contribution is -2.21. The molecule has 0 aliphatic carbocycles. The fourth-order valence-corrected chi connectivity index (χ4v) is 3.27. The quantitative estimate of drug-likeness (QED) is 0.870. The number of nitrogens with one attached hydrogen (secondary N) is 1. The van der Waals surface area contributed by atoms with Crippen LogP contribution in [0.4, 0.5) is 0 Å². The zero-order valence-electron chi connectivity index (χ0n) is 11.8. The molecule has 0 bridgehead atoms. The number of halogens is 1. The van der Waals surface area contributed by atoms with E-state index in [4.69, 9.17) is 21.1 Å². The topological polar surface area (TPSA) is 30.5 Å². The van der Waals surface area contributed by atoms with E-state index in [1.807, 2.05) is 24.3 Å². The third kappa shape index (κ3) is 3.26. The van der Waals surface area contributed by atoms with Crippen LogP contribution in [0.2, 0.25) is 4.34 Å². The van der Waals surface area contributed by atoms with Gasteiger partial charge in [-0.05, 0) is 36.4 Å². The Morgan fingerprint density at radius 1 is 1.15 bits per heavy atom. The van der Waals surface area contributed by atoms with Crippen molar-refractivity contribution in [1.29, 1.82) is 0 Å². The second kappa shape index (κ2) is 6.97. The van der Waals surface area contributed by atoms with Crippen LogP contribution >= 0.6 is 22.9 Å². The number of methoxy groups -OCH3 is 2. The van der Waals surface area contributed by atoms with E-state index in [2.05, 4.69) is 18.3 Å². The van der Waals surface area contributed by atoms with Crippen LogP contribution in [0.25, 0.3) is 0 Å². The van der Waals surface area contributed by atoms with Gasteiger partial charge >= 0.3 is 0 Å². The zero-order valence-corrected chi connectivity index (χ0v) is 13.3. The molecule has 1 N–H and O–H groups in total. The highest BCUT2D eigenvalue weighted by molar-refractivity contribution is 7.16. The van der Waals surface area contributed by atoms with E-state index >= 15 is 0 Å². The van der Waals surface area contributed by atoms with Crippen molar-refractivity contribution < 1.29 is 9.47 Å². The maximum absolute atomic E-state index is 6.04. The van der Waals surface area contributed by atoms with Crippen LogP contribution in [0.1, 0.15) is 23.4 Å². The van der Waals surface area contributed by atoms with Gasteiger partial charge in [-0.25, -0.2) is 0 Å². The first-order chi connectivity index (χ1) is 9.69. The molecule has 0 spiro atoms. The van der Waals surface area contributed by atoms with E-state index in [0.717, 1.165) is 27.9 Å². The van der Waals surface area contributed by atoms with Crippen molar-refractivity contribution in [2.75, 3.05) is 20.8 Å². The molecule has 5 heteroatoms. The van der Waals surface area contributed by atoms with Gasteiger partial charge in [-0.3, -0.25) is 0 Å². The standard InChI is InChI=1S/C15H18ClNO2S/c1-4-17-15(13-7-8-14(16)20-13)10-5-6-11(18-2)12(9-10)19-3/h5-9,15,17H,4H2,1-3H3. The SMILES string of the molecule is CCNC(c1ccc(OC)c(OC)c1)c1ccc(Cl)s1. The van der Waals surface area contributed by atoms with Crippen molar-refractivity contribution in [3.63, 3.8) is 0 Å². The molecule has 0 aliphatic rings. The summed E-state index contributed by atoms with van der Waals surface area (Å²) in [5.41, 5.74) is 1.13. The summed E-state index contributed by atoms with van der Waals surface area (Å²) in [5.74, 6) is 1.46. The van der Waals surface area contributed by atoms with Crippen molar-refractivity contribution in [2.24, 2.45) is 0 Å². The molecular formula is C15H18ClNO2S. The monoisotopic (exact) mass is 311 g/mol. The molecule has 0 saturated heterocycles. The van der Waals surface area contributed by atoms with Crippen LogP contribution in [-0.4, -0.2) is 20.8 Å². The van der Waals surface area contributed by atoms with Crippen LogP contribution < -0.4 is 14.8 Å². The first-order valence-corrected chi connectivity index (χ1v) is 7.59. The Bertz CT molecular complexity index is 571. The summed E-state index contributed by atoms with van der Waals surface area (Å²) in [6.45, 7) is 2.96. The maximum atomic E-state index is 6.04. The summed E-state index contributed by atoms with van der Waals surface area (Å²) in [6, 6.07) is 10.1. The lowest BCUT2D eigenvalue weighted by atomic mass is 10.0. The van der Waals surface area contributed by atoms with Crippen LogP contribution in [-0.2, 0) is 0 Å². The Labute approximate surface area is 128 Å². The molecule has 2 rings (SSSR count). The molecule has 0 saturated carbocycles. The molecule has 1 unspecified atom stereocenters. The molecule has 0 fully saturated rings. The zero-order chi connectivity index (χ0) is 14.5. The first kappa shape index (κ1) is 15.2. The molecule has 0 radical (unpaired) electrons. The number of hydrogen-bond donors (Lipinski definition) is 1. The molecule has 2 aromatic rings. The van der Waals surface area contributed by atoms with Gasteiger partial charge in [0.25, 0.3) is 0 Å². The summed E-state index contributed by atoms with van der Waals surface area (Å²) >= 11 is 7.63. The van der Waals surface area contributed by atoms with E-state index in [0.29, 0.717) is 0 Å². The Kier molecular flexibility index (Phi) is 5.29. The van der Waals surface area contributed by atoms with Gasteiger partial charge in [-0.15, -0.1) is 11.3 Å². The predicted molar refractivity (Wildman–Crippen MR) is 84.4 cm³/mol. The maximum Gasteiger partial charge on any atom is 0.161 e. The summed E-state index contributed by atoms with van der Waals surface area (Å²) in [5, 5.41) is 3.47. The van der Waals surface area contributed by atoms with E-state index in [1.54, 1.807) is 25.6 Å². The molecule has 1 atom stereocenters. The van der Waals surface area contributed by atoms with E-state index in [-0.39, 0.29) is 6.04 Å². The normalized spacial score (nSPS) is 12.2. The molecule has 1 aromatic heterocycles. The van der Waals surface area contributed by atoms with Crippen LogP contribution in [0.15, 0.2) is 30.3 Å².